The topological polar surface area (TPSA) is 58.9 Å². The molecule has 0 aliphatic heterocycles. The van der Waals surface area contributed by atoms with Gasteiger partial charge in [0.15, 0.2) is 0 Å². The average molecular weight is 523 g/mol. The fourth-order valence-electron chi connectivity index (χ4n) is 2.60. The summed E-state index contributed by atoms with van der Waals surface area (Å²) in [4.78, 5) is 17.1. The molecule has 1 aromatic heterocycles. The van der Waals surface area contributed by atoms with Gasteiger partial charge in [0.1, 0.15) is 16.3 Å². The molecular formula is C21H17Br2NO3S. The minimum Gasteiger partial charge on any atom is -0.506 e. The minimum atomic E-state index is -0.411. The smallest absolute Gasteiger partial charge is 0.341 e. The molecule has 28 heavy (non-hydrogen) atoms. The Labute approximate surface area is 184 Å². The molecular weight excluding hydrogens is 506 g/mol. The van der Waals surface area contributed by atoms with Gasteiger partial charge in [0.2, 0.25) is 0 Å². The predicted octanol–water partition coefficient (Wildman–Crippen LogP) is 6.88. The van der Waals surface area contributed by atoms with Crippen LogP contribution in [0.3, 0.4) is 0 Å². The first kappa shape index (κ1) is 20.8. The van der Waals surface area contributed by atoms with Gasteiger partial charge in [0.25, 0.3) is 0 Å². The van der Waals surface area contributed by atoms with Crippen LogP contribution >= 0.6 is 43.2 Å². The van der Waals surface area contributed by atoms with Crippen molar-refractivity contribution in [3.63, 3.8) is 0 Å². The fraction of sp³-hybridized carbons (Fsp3) is 0.143. The molecule has 2 aromatic carbocycles. The van der Waals surface area contributed by atoms with Gasteiger partial charge in [0.05, 0.1) is 11.1 Å². The van der Waals surface area contributed by atoms with Gasteiger partial charge in [-0.3, -0.25) is 0 Å². The molecule has 0 amide bonds. The summed E-state index contributed by atoms with van der Waals surface area (Å²) in [6.45, 7) is 4.07. The highest BCUT2D eigenvalue weighted by atomic mass is 79.9. The number of halogens is 2. The number of nitrogens with zero attached hydrogens (tertiary/aromatic N) is 1. The number of ether oxygens (including phenoxy) is 1. The van der Waals surface area contributed by atoms with Crippen LogP contribution in [0, 0.1) is 6.92 Å². The minimum absolute atomic E-state index is 0.0833. The summed E-state index contributed by atoms with van der Waals surface area (Å²) in [5.41, 5.74) is 3.82. The SMILES string of the molecule is CCOC(=O)c1c(-c2ccc(C)cc2)csc1N=Cc1cc(Br)cc(Br)c1O. The highest BCUT2D eigenvalue weighted by molar-refractivity contribution is 9.11. The number of carbonyl (C=O) groups excluding carboxylic acids is 1. The van der Waals surface area contributed by atoms with Crippen molar-refractivity contribution >= 4 is 60.4 Å². The van der Waals surface area contributed by atoms with Crippen LogP contribution in [-0.4, -0.2) is 23.9 Å². The average Bonchev–Trinajstić information content (AvgIpc) is 3.08. The Morgan fingerprint density at radius 2 is 1.96 bits per heavy atom. The van der Waals surface area contributed by atoms with Gasteiger partial charge < -0.3 is 9.84 Å². The van der Waals surface area contributed by atoms with Crippen LogP contribution in [0.4, 0.5) is 5.00 Å². The Balaban J connectivity index is 2.06. The molecule has 0 saturated heterocycles. The van der Waals surface area contributed by atoms with Crippen molar-refractivity contribution in [1.82, 2.24) is 0 Å². The second-order valence-corrected chi connectivity index (χ2v) is 8.63. The standard InChI is InChI=1S/C21H17Br2NO3S/c1-3-27-21(26)18-16(13-6-4-12(2)5-7-13)11-28-20(18)24-10-14-8-15(22)9-17(23)19(14)25/h4-11,25H,3H2,1-2H3. The van der Waals surface area contributed by atoms with E-state index in [-0.39, 0.29) is 12.4 Å². The summed E-state index contributed by atoms with van der Waals surface area (Å²) >= 11 is 8.07. The number of phenolic OH excluding ortho intramolecular Hbond substituents is 1. The fourth-order valence-corrected chi connectivity index (χ4v) is 4.77. The summed E-state index contributed by atoms with van der Waals surface area (Å²) in [7, 11) is 0. The molecule has 144 valence electrons. The van der Waals surface area contributed by atoms with Crippen LogP contribution < -0.4 is 0 Å². The maximum absolute atomic E-state index is 12.6. The van der Waals surface area contributed by atoms with Crippen molar-refractivity contribution in [2.75, 3.05) is 6.61 Å². The van der Waals surface area contributed by atoms with Crippen LogP contribution in [0.2, 0.25) is 0 Å². The molecule has 0 aliphatic rings. The number of carbonyl (C=O) groups is 1. The molecule has 4 nitrogen and oxygen atoms in total. The molecule has 0 unspecified atom stereocenters. The molecule has 3 aromatic rings. The molecule has 1 N–H and O–H groups in total. The van der Waals surface area contributed by atoms with Crippen LogP contribution in [0.15, 0.2) is 55.7 Å². The zero-order valence-corrected chi connectivity index (χ0v) is 19.2. The van der Waals surface area contributed by atoms with E-state index in [4.69, 9.17) is 4.74 Å². The molecule has 0 atom stereocenters. The Morgan fingerprint density at radius 3 is 2.64 bits per heavy atom. The molecule has 0 radical (unpaired) electrons. The van der Waals surface area contributed by atoms with E-state index in [1.54, 1.807) is 25.3 Å². The number of aryl methyl sites for hydroxylation is 1. The van der Waals surface area contributed by atoms with Gasteiger partial charge in [-0.1, -0.05) is 45.8 Å². The van der Waals surface area contributed by atoms with Crippen molar-refractivity contribution in [3.05, 3.63) is 67.4 Å². The molecule has 0 aliphatic carbocycles. The number of thiophene rings is 1. The van der Waals surface area contributed by atoms with Crippen LogP contribution in [0.25, 0.3) is 11.1 Å². The van der Waals surface area contributed by atoms with Gasteiger partial charge in [-0.2, -0.15) is 0 Å². The first-order chi connectivity index (χ1) is 13.4. The van der Waals surface area contributed by atoms with E-state index in [2.05, 4.69) is 36.9 Å². The predicted molar refractivity (Wildman–Crippen MR) is 121 cm³/mol. The number of hydrogen-bond acceptors (Lipinski definition) is 5. The zero-order chi connectivity index (χ0) is 20.3. The van der Waals surface area contributed by atoms with E-state index in [1.807, 2.05) is 36.6 Å². The third-order valence-electron chi connectivity index (χ3n) is 3.99. The number of benzene rings is 2. The zero-order valence-electron chi connectivity index (χ0n) is 15.2. The third-order valence-corrected chi connectivity index (χ3v) is 5.94. The molecule has 1 heterocycles. The molecule has 0 fully saturated rings. The second kappa shape index (κ2) is 9.03. The first-order valence-electron chi connectivity index (χ1n) is 8.48. The number of esters is 1. The maximum atomic E-state index is 12.6. The van der Waals surface area contributed by atoms with E-state index >= 15 is 0 Å². The monoisotopic (exact) mass is 521 g/mol. The summed E-state index contributed by atoms with van der Waals surface area (Å²) < 4.78 is 6.61. The number of phenols is 1. The van der Waals surface area contributed by atoms with E-state index in [0.717, 1.165) is 21.2 Å². The lowest BCUT2D eigenvalue weighted by Gasteiger charge is -2.06. The Kier molecular flexibility index (Phi) is 6.69. The Morgan fingerprint density at radius 1 is 1.25 bits per heavy atom. The van der Waals surface area contributed by atoms with Crippen LogP contribution in [0.1, 0.15) is 28.4 Å². The second-order valence-electron chi connectivity index (χ2n) is 6.00. The van der Waals surface area contributed by atoms with Crippen molar-refractivity contribution in [1.29, 1.82) is 0 Å². The largest absolute Gasteiger partial charge is 0.506 e. The first-order valence-corrected chi connectivity index (χ1v) is 10.9. The number of rotatable bonds is 5. The Bertz CT molecular complexity index is 1040. The normalized spacial score (nSPS) is 11.1. The summed E-state index contributed by atoms with van der Waals surface area (Å²) in [5.74, 6) is -0.328. The summed E-state index contributed by atoms with van der Waals surface area (Å²) in [6, 6.07) is 11.5. The molecule has 3 rings (SSSR count). The van der Waals surface area contributed by atoms with E-state index in [0.29, 0.717) is 20.6 Å². The van der Waals surface area contributed by atoms with Crippen molar-refractivity contribution in [3.8, 4) is 16.9 Å². The highest BCUT2D eigenvalue weighted by Gasteiger charge is 2.21. The molecule has 0 spiro atoms. The van der Waals surface area contributed by atoms with Crippen molar-refractivity contribution in [2.24, 2.45) is 4.99 Å². The summed E-state index contributed by atoms with van der Waals surface area (Å²) in [6.07, 6.45) is 1.54. The van der Waals surface area contributed by atoms with Crippen LogP contribution in [-0.2, 0) is 4.74 Å². The van der Waals surface area contributed by atoms with Gasteiger partial charge in [-0.05, 0) is 47.5 Å². The van der Waals surface area contributed by atoms with Gasteiger partial charge in [0, 0.05) is 27.2 Å². The number of aliphatic imine (C=N–C) groups is 1. The van der Waals surface area contributed by atoms with Gasteiger partial charge >= 0.3 is 5.97 Å². The molecule has 0 bridgehead atoms. The highest BCUT2D eigenvalue weighted by Crippen LogP contribution is 2.38. The van der Waals surface area contributed by atoms with E-state index < -0.39 is 5.97 Å². The lowest BCUT2D eigenvalue weighted by molar-refractivity contribution is 0.0529. The molecule has 0 saturated carbocycles. The van der Waals surface area contributed by atoms with Gasteiger partial charge in [-0.25, -0.2) is 9.79 Å². The van der Waals surface area contributed by atoms with E-state index in [1.165, 1.54) is 11.3 Å². The van der Waals surface area contributed by atoms with Crippen molar-refractivity contribution < 1.29 is 14.6 Å². The summed E-state index contributed by atoms with van der Waals surface area (Å²) in [5, 5.41) is 12.7. The Hall–Kier alpha value is -1.96. The lowest BCUT2D eigenvalue weighted by atomic mass is 10.0. The quantitative estimate of drug-likeness (QED) is 0.293. The van der Waals surface area contributed by atoms with Crippen molar-refractivity contribution in [2.45, 2.75) is 13.8 Å². The van der Waals surface area contributed by atoms with Gasteiger partial charge in [-0.15, -0.1) is 11.3 Å². The van der Waals surface area contributed by atoms with E-state index in [9.17, 15) is 9.90 Å². The van der Waals surface area contributed by atoms with Crippen LogP contribution in [0.5, 0.6) is 5.75 Å². The molecule has 7 heteroatoms. The lowest BCUT2D eigenvalue weighted by Crippen LogP contribution is -2.05. The number of hydrogen-bond donors (Lipinski definition) is 1. The maximum Gasteiger partial charge on any atom is 0.341 e. The number of aromatic hydroxyl groups is 1. The third kappa shape index (κ3) is 4.54.